The van der Waals surface area contributed by atoms with Gasteiger partial charge in [-0.15, -0.1) is 11.3 Å². The average molecular weight is 308 g/mol. The molecular formula is C16H24N2O2S. The summed E-state index contributed by atoms with van der Waals surface area (Å²) in [4.78, 5) is 14.6. The van der Waals surface area contributed by atoms with Gasteiger partial charge < -0.3 is 15.4 Å². The highest BCUT2D eigenvalue weighted by molar-refractivity contribution is 7.12. The molecular weight excluding hydrogens is 284 g/mol. The Hall–Kier alpha value is -1.07. The molecule has 3 rings (SSSR count). The number of hydrogen-bond donors (Lipinski definition) is 2. The lowest BCUT2D eigenvalue weighted by Gasteiger charge is -2.30. The van der Waals surface area contributed by atoms with Crippen LogP contribution >= 0.6 is 11.3 Å². The van der Waals surface area contributed by atoms with Crippen LogP contribution in [0.5, 0.6) is 0 Å². The van der Waals surface area contributed by atoms with E-state index in [-0.39, 0.29) is 18.1 Å². The summed E-state index contributed by atoms with van der Waals surface area (Å²) in [5.74, 6) is 0.741. The van der Waals surface area contributed by atoms with Crippen molar-refractivity contribution < 1.29 is 9.53 Å². The number of aryl methyl sites for hydroxylation is 1. The molecule has 0 aromatic carbocycles. The highest BCUT2D eigenvalue weighted by Crippen LogP contribution is 2.38. The van der Waals surface area contributed by atoms with E-state index in [0.29, 0.717) is 6.10 Å². The first kappa shape index (κ1) is 14.9. The fraction of sp³-hybridized carbons (Fsp3) is 0.688. The van der Waals surface area contributed by atoms with Gasteiger partial charge in [-0.25, -0.2) is 4.79 Å². The molecule has 21 heavy (non-hydrogen) atoms. The third-order valence-corrected chi connectivity index (χ3v) is 5.52. The Kier molecular flexibility index (Phi) is 4.50. The lowest BCUT2D eigenvalue weighted by Crippen LogP contribution is -2.47. The number of thiophene rings is 1. The number of nitrogens with one attached hydrogen (secondary N) is 2. The van der Waals surface area contributed by atoms with Crippen molar-refractivity contribution in [1.29, 1.82) is 0 Å². The van der Waals surface area contributed by atoms with Crippen molar-refractivity contribution in [3.63, 3.8) is 0 Å². The molecule has 2 fully saturated rings. The molecule has 3 atom stereocenters. The number of rotatable bonds is 4. The summed E-state index contributed by atoms with van der Waals surface area (Å²) in [7, 11) is 0. The first-order valence-corrected chi connectivity index (χ1v) is 8.68. The molecule has 2 N–H and O–H groups in total. The van der Waals surface area contributed by atoms with Crippen LogP contribution in [-0.4, -0.2) is 24.8 Å². The molecule has 3 unspecified atom stereocenters. The van der Waals surface area contributed by atoms with Gasteiger partial charge in [0, 0.05) is 22.4 Å². The van der Waals surface area contributed by atoms with Crippen molar-refractivity contribution in [2.45, 2.75) is 57.7 Å². The number of urea groups is 1. The quantitative estimate of drug-likeness (QED) is 0.896. The smallest absolute Gasteiger partial charge is 0.315 e. The molecule has 5 heteroatoms. The molecule has 1 aromatic rings. The minimum atomic E-state index is -0.0602. The van der Waals surface area contributed by atoms with Crippen molar-refractivity contribution in [3.8, 4) is 0 Å². The first-order chi connectivity index (χ1) is 10.1. The van der Waals surface area contributed by atoms with E-state index in [1.807, 2.05) is 6.92 Å². The Balaban J connectivity index is 1.47. The van der Waals surface area contributed by atoms with E-state index in [2.05, 4.69) is 29.7 Å². The minimum absolute atomic E-state index is 0.0581. The van der Waals surface area contributed by atoms with Gasteiger partial charge in [0.25, 0.3) is 0 Å². The van der Waals surface area contributed by atoms with Crippen molar-refractivity contribution in [2.75, 3.05) is 6.61 Å². The van der Waals surface area contributed by atoms with Gasteiger partial charge in [0.05, 0.1) is 12.1 Å². The number of carbonyl (C=O) groups excluding carboxylic acids is 1. The topological polar surface area (TPSA) is 50.4 Å². The summed E-state index contributed by atoms with van der Waals surface area (Å²) in [5, 5.41) is 6.15. The first-order valence-electron chi connectivity index (χ1n) is 7.87. The zero-order chi connectivity index (χ0) is 14.8. The molecule has 0 radical (unpaired) electrons. The van der Waals surface area contributed by atoms with Crippen LogP contribution in [0.15, 0.2) is 12.1 Å². The van der Waals surface area contributed by atoms with Gasteiger partial charge in [-0.2, -0.15) is 0 Å². The third-order valence-electron chi connectivity index (χ3n) is 4.33. The molecule has 116 valence electrons. The Labute approximate surface area is 130 Å². The van der Waals surface area contributed by atoms with Gasteiger partial charge in [-0.05, 0) is 57.6 Å². The Morgan fingerprint density at radius 3 is 2.86 bits per heavy atom. The van der Waals surface area contributed by atoms with Gasteiger partial charge in [0.2, 0.25) is 0 Å². The zero-order valence-corrected chi connectivity index (χ0v) is 13.5. The second-order valence-electron chi connectivity index (χ2n) is 6.26. The van der Waals surface area contributed by atoms with Crippen LogP contribution in [0, 0.1) is 12.8 Å². The van der Waals surface area contributed by atoms with Crippen LogP contribution in [0.1, 0.15) is 48.4 Å². The van der Waals surface area contributed by atoms with Crippen LogP contribution in [-0.2, 0) is 4.74 Å². The molecule has 1 aliphatic heterocycles. The molecule has 2 aliphatic rings. The summed E-state index contributed by atoms with van der Waals surface area (Å²) < 4.78 is 5.80. The summed E-state index contributed by atoms with van der Waals surface area (Å²) in [6.45, 7) is 4.88. The van der Waals surface area contributed by atoms with Gasteiger partial charge in [0.1, 0.15) is 0 Å². The molecule has 0 bridgehead atoms. The summed E-state index contributed by atoms with van der Waals surface area (Å²) in [6.07, 6.45) is 4.83. The van der Waals surface area contributed by atoms with E-state index in [1.165, 1.54) is 22.6 Å². The monoisotopic (exact) mass is 308 g/mol. The normalized spacial score (nSPS) is 27.1. The van der Waals surface area contributed by atoms with Crippen LogP contribution in [0.2, 0.25) is 0 Å². The molecule has 1 saturated carbocycles. The number of carbonyl (C=O) groups is 1. The van der Waals surface area contributed by atoms with Gasteiger partial charge in [-0.1, -0.05) is 0 Å². The van der Waals surface area contributed by atoms with E-state index in [1.54, 1.807) is 11.3 Å². The number of hydrogen-bond acceptors (Lipinski definition) is 3. The van der Waals surface area contributed by atoms with Crippen LogP contribution in [0.25, 0.3) is 0 Å². The molecule has 0 spiro atoms. The lowest BCUT2D eigenvalue weighted by atomic mass is 10.0. The highest BCUT2D eigenvalue weighted by Gasteiger charge is 2.36. The Morgan fingerprint density at radius 1 is 1.38 bits per heavy atom. The lowest BCUT2D eigenvalue weighted by molar-refractivity contribution is -0.00917. The van der Waals surface area contributed by atoms with Crippen LogP contribution in [0.4, 0.5) is 4.79 Å². The zero-order valence-electron chi connectivity index (χ0n) is 12.7. The fourth-order valence-electron chi connectivity index (χ4n) is 2.94. The predicted molar refractivity (Wildman–Crippen MR) is 84.6 cm³/mol. The van der Waals surface area contributed by atoms with Gasteiger partial charge in [0.15, 0.2) is 0 Å². The van der Waals surface area contributed by atoms with Crippen molar-refractivity contribution >= 4 is 17.4 Å². The summed E-state index contributed by atoms with van der Waals surface area (Å²) >= 11 is 1.73. The molecule has 1 saturated heterocycles. The summed E-state index contributed by atoms with van der Waals surface area (Å²) in [6, 6.07) is 4.43. The van der Waals surface area contributed by atoms with E-state index < -0.39 is 0 Å². The van der Waals surface area contributed by atoms with Crippen molar-refractivity contribution in [3.05, 3.63) is 21.9 Å². The van der Waals surface area contributed by atoms with Crippen LogP contribution < -0.4 is 10.6 Å². The molecule has 2 amide bonds. The molecule has 1 aliphatic carbocycles. The summed E-state index contributed by atoms with van der Waals surface area (Å²) in [5.41, 5.74) is 0. The van der Waals surface area contributed by atoms with E-state index >= 15 is 0 Å². The van der Waals surface area contributed by atoms with Crippen molar-refractivity contribution in [2.24, 2.45) is 5.92 Å². The maximum absolute atomic E-state index is 12.1. The van der Waals surface area contributed by atoms with Gasteiger partial charge in [-0.3, -0.25) is 0 Å². The molecule has 1 aromatic heterocycles. The van der Waals surface area contributed by atoms with Crippen LogP contribution in [0.3, 0.4) is 0 Å². The Morgan fingerprint density at radius 2 is 2.19 bits per heavy atom. The van der Waals surface area contributed by atoms with E-state index in [9.17, 15) is 4.79 Å². The second kappa shape index (κ2) is 6.36. The number of ether oxygens (including phenoxy) is 1. The Bertz CT molecular complexity index is 498. The second-order valence-corrected chi connectivity index (χ2v) is 7.58. The predicted octanol–water partition coefficient (Wildman–Crippen LogP) is 3.37. The number of amides is 2. The van der Waals surface area contributed by atoms with E-state index in [0.717, 1.165) is 25.4 Å². The third kappa shape index (κ3) is 3.98. The average Bonchev–Trinajstić information content (AvgIpc) is 3.21. The molecule has 2 heterocycles. The van der Waals surface area contributed by atoms with Gasteiger partial charge >= 0.3 is 6.03 Å². The standard InChI is InChI=1S/C16H24N2O2S/c1-10-3-6-15(21-10)11(2)17-16(19)18-13-7-8-20-14(9-13)12-4-5-12/h3,6,11-14H,4-5,7-9H2,1-2H3,(H2,17,18,19). The maximum Gasteiger partial charge on any atom is 0.315 e. The largest absolute Gasteiger partial charge is 0.378 e. The minimum Gasteiger partial charge on any atom is -0.378 e. The maximum atomic E-state index is 12.1. The van der Waals surface area contributed by atoms with E-state index in [4.69, 9.17) is 4.74 Å². The van der Waals surface area contributed by atoms with Crippen molar-refractivity contribution in [1.82, 2.24) is 10.6 Å². The highest BCUT2D eigenvalue weighted by atomic mass is 32.1. The molecule has 4 nitrogen and oxygen atoms in total. The SMILES string of the molecule is Cc1ccc(C(C)NC(=O)NC2CCOC(C3CC3)C2)s1. The fourth-order valence-corrected chi connectivity index (χ4v) is 3.82.